The number of halogens is 2. The zero-order valence-corrected chi connectivity index (χ0v) is 34.1. The first-order valence-corrected chi connectivity index (χ1v) is 23.7. The minimum atomic E-state index is -2.44. The van der Waals surface area contributed by atoms with Gasteiger partial charge in [-0.2, -0.15) is 0 Å². The molecule has 2 aromatic carbocycles. The summed E-state index contributed by atoms with van der Waals surface area (Å²) in [7, 11) is -4.78. The van der Waals surface area contributed by atoms with Gasteiger partial charge in [-0.1, -0.05) is 76.9 Å². The van der Waals surface area contributed by atoms with Gasteiger partial charge in [0.15, 0.2) is 20.2 Å². The number of benzene rings is 2. The molecule has 1 amide bonds. The maximum absolute atomic E-state index is 13.6. The molecule has 50 heavy (non-hydrogen) atoms. The van der Waals surface area contributed by atoms with Crippen molar-refractivity contribution in [2.24, 2.45) is 0 Å². The van der Waals surface area contributed by atoms with Crippen molar-refractivity contribution >= 4 is 57.3 Å². The van der Waals surface area contributed by atoms with Crippen LogP contribution in [0.5, 0.6) is 11.5 Å². The van der Waals surface area contributed by atoms with Crippen molar-refractivity contribution in [3.8, 4) is 11.5 Å². The number of aliphatic hydroxyl groups excluding tert-OH is 1. The molecular formula is C37H51Cl2NO8Si2. The zero-order chi connectivity index (χ0) is 37.0. The molecule has 0 radical (unpaired) electrons. The lowest BCUT2D eigenvalue weighted by molar-refractivity contribution is -0.147. The second kappa shape index (κ2) is 14.2. The van der Waals surface area contributed by atoms with Gasteiger partial charge in [0, 0.05) is 30.0 Å². The summed E-state index contributed by atoms with van der Waals surface area (Å²) in [5.74, 6) is -0.287. The second-order valence-electron chi connectivity index (χ2n) is 15.4. The Balaban J connectivity index is 1.76. The number of esters is 1. The minimum Gasteiger partial charge on any atom is -0.541 e. The first-order chi connectivity index (χ1) is 23.3. The van der Waals surface area contributed by atoms with Crippen LogP contribution in [0.2, 0.25) is 46.3 Å². The summed E-state index contributed by atoms with van der Waals surface area (Å²) in [6.07, 6.45) is -1.22. The predicted molar refractivity (Wildman–Crippen MR) is 201 cm³/mol. The fraction of sp³-hybridized carbons (Fsp3) is 0.568. The number of hydrogen-bond donors (Lipinski definition) is 3. The molecule has 13 heteroatoms. The summed E-state index contributed by atoms with van der Waals surface area (Å²) < 4.78 is 26.5. The SMILES string of the molecule is CC[Si](CC)(CC)Oc1cc2cc(Cl)c1OC1c3ccc(c(Cl)c3C3=C[C@H](O)CC31O)[C@@H](O[Si](C)(C)C(C)(C)C)COC(=O)C[C@@H]2NC(C)=O. The summed E-state index contributed by atoms with van der Waals surface area (Å²) >= 11 is 14.3. The fourth-order valence-corrected chi connectivity index (χ4v) is 11.5. The van der Waals surface area contributed by atoms with Crippen molar-refractivity contribution in [2.75, 3.05) is 6.61 Å². The summed E-state index contributed by atoms with van der Waals surface area (Å²) in [5, 5.41) is 26.5. The Morgan fingerprint density at radius 2 is 1.74 bits per heavy atom. The molecule has 5 atom stereocenters. The van der Waals surface area contributed by atoms with E-state index in [0.29, 0.717) is 38.6 Å². The maximum Gasteiger partial charge on any atom is 0.308 e. The first-order valence-electron chi connectivity index (χ1n) is 17.5. The summed E-state index contributed by atoms with van der Waals surface area (Å²) in [6.45, 7) is 18.2. The van der Waals surface area contributed by atoms with Gasteiger partial charge < -0.3 is 33.9 Å². The maximum atomic E-state index is 13.6. The molecule has 8 rings (SSSR count). The van der Waals surface area contributed by atoms with E-state index in [2.05, 4.69) is 60.0 Å². The lowest BCUT2D eigenvalue weighted by Gasteiger charge is -2.39. The highest BCUT2D eigenvalue weighted by molar-refractivity contribution is 6.74. The van der Waals surface area contributed by atoms with Gasteiger partial charge in [0.2, 0.25) is 5.91 Å². The second-order valence-corrected chi connectivity index (χ2v) is 25.6. The minimum absolute atomic E-state index is 0.0110. The van der Waals surface area contributed by atoms with E-state index in [1.165, 1.54) is 6.92 Å². The molecule has 0 aromatic heterocycles. The lowest BCUT2D eigenvalue weighted by atomic mass is 9.93. The van der Waals surface area contributed by atoms with Crippen molar-refractivity contribution in [1.29, 1.82) is 0 Å². The third kappa shape index (κ3) is 7.16. The molecule has 2 unspecified atom stereocenters. The lowest BCUT2D eigenvalue weighted by Crippen LogP contribution is -2.42. The van der Waals surface area contributed by atoms with Gasteiger partial charge in [-0.05, 0) is 65.6 Å². The van der Waals surface area contributed by atoms with Crippen LogP contribution in [0.3, 0.4) is 0 Å². The van der Waals surface area contributed by atoms with Crippen LogP contribution in [0.25, 0.3) is 5.57 Å². The van der Waals surface area contributed by atoms with Crippen molar-refractivity contribution in [2.45, 2.75) is 128 Å². The van der Waals surface area contributed by atoms with Crippen LogP contribution in [-0.2, 0) is 18.8 Å². The Kier molecular flexibility index (Phi) is 11.0. The van der Waals surface area contributed by atoms with Crippen molar-refractivity contribution < 1.29 is 38.1 Å². The van der Waals surface area contributed by atoms with E-state index in [9.17, 15) is 19.8 Å². The van der Waals surface area contributed by atoms with Crippen LogP contribution in [-0.4, -0.2) is 57.0 Å². The number of carbonyl (C=O) groups is 2. The molecule has 274 valence electrons. The number of hydrogen-bond acceptors (Lipinski definition) is 8. The third-order valence-electron chi connectivity index (χ3n) is 11.2. The Morgan fingerprint density at radius 3 is 2.34 bits per heavy atom. The highest BCUT2D eigenvalue weighted by Gasteiger charge is 2.56. The Labute approximate surface area is 307 Å². The highest BCUT2D eigenvalue weighted by Crippen LogP contribution is 2.59. The van der Waals surface area contributed by atoms with Crippen LogP contribution >= 0.6 is 23.2 Å². The molecular weight excluding hydrogens is 713 g/mol. The van der Waals surface area contributed by atoms with Gasteiger partial charge in [-0.25, -0.2) is 0 Å². The average molecular weight is 765 g/mol. The molecule has 4 heterocycles. The van der Waals surface area contributed by atoms with Gasteiger partial charge in [0.05, 0.1) is 28.6 Å². The normalized spacial score (nSPS) is 25.2. The van der Waals surface area contributed by atoms with Crippen molar-refractivity contribution in [3.05, 3.63) is 62.6 Å². The number of ether oxygens (including phenoxy) is 2. The summed E-state index contributed by atoms with van der Waals surface area (Å²) in [5.41, 5.74) is 1.15. The third-order valence-corrected chi connectivity index (χ3v) is 20.9. The van der Waals surface area contributed by atoms with Crippen molar-refractivity contribution in [1.82, 2.24) is 5.32 Å². The van der Waals surface area contributed by atoms with E-state index in [1.807, 2.05) is 12.1 Å². The smallest absolute Gasteiger partial charge is 0.308 e. The van der Waals surface area contributed by atoms with E-state index in [-0.39, 0.29) is 41.2 Å². The van der Waals surface area contributed by atoms with Gasteiger partial charge in [-0.3, -0.25) is 9.59 Å². The molecule has 2 aliphatic carbocycles. The highest BCUT2D eigenvalue weighted by atomic mass is 35.5. The van der Waals surface area contributed by atoms with E-state index >= 15 is 0 Å². The van der Waals surface area contributed by atoms with E-state index in [4.69, 9.17) is 41.5 Å². The summed E-state index contributed by atoms with van der Waals surface area (Å²) in [4.78, 5) is 26.1. The number of aliphatic hydroxyl groups is 2. The van der Waals surface area contributed by atoms with Crippen LogP contribution in [0.4, 0.5) is 0 Å². The van der Waals surface area contributed by atoms with Gasteiger partial charge in [0.25, 0.3) is 8.32 Å². The van der Waals surface area contributed by atoms with Gasteiger partial charge in [-0.15, -0.1) is 0 Å². The van der Waals surface area contributed by atoms with Gasteiger partial charge >= 0.3 is 5.97 Å². The van der Waals surface area contributed by atoms with Crippen LogP contribution < -0.4 is 14.5 Å². The largest absolute Gasteiger partial charge is 0.541 e. The molecule has 4 aliphatic heterocycles. The molecule has 0 saturated carbocycles. The van der Waals surface area contributed by atoms with Crippen LogP contribution in [0.1, 0.15) is 102 Å². The average Bonchev–Trinajstić information content (AvgIpc) is 3.44. The van der Waals surface area contributed by atoms with Gasteiger partial charge in [0.1, 0.15) is 24.1 Å². The van der Waals surface area contributed by atoms with Crippen LogP contribution in [0.15, 0.2) is 30.3 Å². The number of nitrogens with one attached hydrogen (secondary N) is 1. The number of fused-ring (bicyclic) bond motifs is 1. The molecule has 2 aromatic rings. The van der Waals surface area contributed by atoms with E-state index < -0.39 is 52.6 Å². The number of carbonyl (C=O) groups excluding carboxylic acids is 2. The first kappa shape index (κ1) is 38.8. The number of amides is 1. The van der Waals surface area contributed by atoms with Crippen LogP contribution in [0, 0.1) is 0 Å². The molecule has 9 nitrogen and oxygen atoms in total. The Morgan fingerprint density at radius 1 is 1.10 bits per heavy atom. The molecule has 6 aliphatic rings. The molecule has 3 N–H and O–H groups in total. The quantitative estimate of drug-likeness (QED) is 0.181. The molecule has 0 spiro atoms. The monoisotopic (exact) mass is 763 g/mol. The van der Waals surface area contributed by atoms with E-state index in [1.54, 1.807) is 18.2 Å². The van der Waals surface area contributed by atoms with E-state index in [0.717, 1.165) is 18.1 Å². The predicted octanol–water partition coefficient (Wildman–Crippen LogP) is 8.58. The zero-order valence-electron chi connectivity index (χ0n) is 30.5. The standard InChI is InChI=1S/C37H51Cl2NO8Si2/c1-10-50(11-2,12-3)48-29-16-22-15-27(38)34(29)46-35-25-14-13-24(33(39)32(25)26-17-23(42)19-37(26,35)44)30(47-49(8,9)36(5,6)7)20-45-31(43)18-28(22)40-21(4)41/h13-17,23,28,30,35,42,44H,10-12,18-20H2,1-9H3,(H,40,41)/t23-,28-,30-,35?,37?/m0/s1. The molecule has 6 bridgehead atoms. The number of rotatable bonds is 8. The summed E-state index contributed by atoms with van der Waals surface area (Å²) in [6, 6.07) is 8.81. The fourth-order valence-electron chi connectivity index (χ4n) is 7.05. The van der Waals surface area contributed by atoms with Crippen molar-refractivity contribution in [3.63, 3.8) is 0 Å². The Hall–Kier alpha value is -2.39. The topological polar surface area (TPSA) is 124 Å². The molecule has 0 saturated heterocycles. The molecule has 0 fully saturated rings. The Bertz CT molecular complexity index is 1680.